The fourth-order valence-corrected chi connectivity index (χ4v) is 4.77. The summed E-state index contributed by atoms with van der Waals surface area (Å²) in [6.45, 7) is -0.136. The fraction of sp³-hybridized carbons (Fsp3) is 0.389. The van der Waals surface area contributed by atoms with E-state index < -0.39 is 11.7 Å². The molecule has 136 valence electrons. The van der Waals surface area contributed by atoms with Gasteiger partial charge in [-0.05, 0) is 46.3 Å². The van der Waals surface area contributed by atoms with Crippen LogP contribution < -0.4 is 5.76 Å². The lowest BCUT2D eigenvalue weighted by atomic mass is 9.84. The minimum absolute atomic E-state index is 0.136. The van der Waals surface area contributed by atoms with Crippen LogP contribution in [0.2, 0.25) is 0 Å². The molecule has 2 N–H and O–H groups in total. The van der Waals surface area contributed by atoms with Gasteiger partial charge in [0.25, 0.3) is 0 Å². The zero-order chi connectivity index (χ0) is 18.3. The second-order valence-corrected chi connectivity index (χ2v) is 7.45. The molecule has 7 nitrogen and oxygen atoms in total. The normalized spacial score (nSPS) is 15.6. The molecule has 0 unspecified atom stereocenters. The van der Waals surface area contributed by atoms with Crippen LogP contribution in [0.3, 0.4) is 0 Å². The lowest BCUT2D eigenvalue weighted by Crippen LogP contribution is -2.10. The summed E-state index contributed by atoms with van der Waals surface area (Å²) in [5.41, 5.74) is 2.66. The topological polar surface area (TPSA) is 101 Å². The second kappa shape index (κ2) is 6.75. The molecule has 0 radical (unpaired) electrons. The Morgan fingerprint density at radius 2 is 2.12 bits per heavy atom. The fourth-order valence-electron chi connectivity index (χ4n) is 3.92. The van der Waals surface area contributed by atoms with Crippen LogP contribution in [0.15, 0.2) is 32.1 Å². The Kier molecular flexibility index (Phi) is 4.44. The molecule has 3 aromatic rings. The first-order chi connectivity index (χ1) is 12.5. The number of H-pyrrole nitrogens is 1. The van der Waals surface area contributed by atoms with Crippen molar-refractivity contribution in [3.8, 4) is 11.4 Å². The lowest BCUT2D eigenvalue weighted by Gasteiger charge is -2.22. The van der Waals surface area contributed by atoms with Crippen LogP contribution in [0.5, 0.6) is 0 Å². The van der Waals surface area contributed by atoms with E-state index in [1.165, 1.54) is 24.8 Å². The van der Waals surface area contributed by atoms with Crippen LogP contribution in [-0.4, -0.2) is 25.8 Å². The summed E-state index contributed by atoms with van der Waals surface area (Å²) in [6, 6.07) is 5.70. The molecule has 1 aliphatic rings. The maximum Gasteiger partial charge on any atom is 0.439 e. The van der Waals surface area contributed by atoms with Gasteiger partial charge in [-0.15, -0.1) is 0 Å². The number of aromatic nitrogens is 3. The Labute approximate surface area is 157 Å². The van der Waals surface area contributed by atoms with Crippen LogP contribution in [0.1, 0.15) is 43.6 Å². The molecule has 0 atom stereocenters. The molecule has 2 heterocycles. The molecule has 1 saturated carbocycles. The number of halogens is 1. The van der Waals surface area contributed by atoms with Gasteiger partial charge in [-0.1, -0.05) is 36.6 Å². The molecule has 8 heteroatoms. The van der Waals surface area contributed by atoms with E-state index in [0.717, 1.165) is 28.3 Å². The highest BCUT2D eigenvalue weighted by molar-refractivity contribution is 9.10. The molecule has 0 aliphatic heterocycles. The van der Waals surface area contributed by atoms with Gasteiger partial charge in [0.2, 0.25) is 0 Å². The van der Waals surface area contributed by atoms with Gasteiger partial charge in [0.1, 0.15) is 6.54 Å². The molecule has 1 fully saturated rings. The third kappa shape index (κ3) is 2.98. The molecule has 26 heavy (non-hydrogen) atoms. The van der Waals surface area contributed by atoms with E-state index in [-0.39, 0.29) is 6.54 Å². The molecule has 0 amide bonds. The van der Waals surface area contributed by atoms with E-state index in [0.29, 0.717) is 17.3 Å². The number of hydrogen-bond donors (Lipinski definition) is 2. The van der Waals surface area contributed by atoms with Gasteiger partial charge in [-0.25, -0.2) is 4.79 Å². The SMILES string of the molecule is O=C(O)Cn1c(Br)c(C2CCCCC2)c2ccc(-c3noc(=O)[nH]3)cc21. The summed E-state index contributed by atoms with van der Waals surface area (Å²) in [5.74, 6) is -0.771. The first kappa shape index (κ1) is 17.1. The smallest absolute Gasteiger partial charge is 0.439 e. The van der Waals surface area contributed by atoms with E-state index in [1.807, 2.05) is 18.2 Å². The van der Waals surface area contributed by atoms with Gasteiger partial charge < -0.3 is 9.67 Å². The summed E-state index contributed by atoms with van der Waals surface area (Å²) >= 11 is 3.65. The van der Waals surface area contributed by atoms with Gasteiger partial charge in [0, 0.05) is 10.9 Å². The van der Waals surface area contributed by atoms with Gasteiger partial charge in [-0.2, -0.15) is 0 Å². The monoisotopic (exact) mass is 419 g/mol. The van der Waals surface area contributed by atoms with Crippen LogP contribution in [0.4, 0.5) is 0 Å². The number of fused-ring (bicyclic) bond motifs is 1. The molecule has 0 saturated heterocycles. The van der Waals surface area contributed by atoms with Crippen molar-refractivity contribution < 1.29 is 14.4 Å². The van der Waals surface area contributed by atoms with E-state index in [4.69, 9.17) is 0 Å². The maximum absolute atomic E-state index is 11.4. The van der Waals surface area contributed by atoms with Crippen LogP contribution in [-0.2, 0) is 11.3 Å². The molecule has 1 aliphatic carbocycles. The largest absolute Gasteiger partial charge is 0.480 e. The van der Waals surface area contributed by atoms with Crippen LogP contribution in [0.25, 0.3) is 22.3 Å². The predicted molar refractivity (Wildman–Crippen MR) is 99.2 cm³/mol. The molecular formula is C18H18BrN3O4. The Bertz CT molecular complexity index is 1030. The first-order valence-corrected chi connectivity index (χ1v) is 9.43. The van der Waals surface area contributed by atoms with E-state index in [1.54, 1.807) is 4.57 Å². The molecule has 4 rings (SSSR count). The van der Waals surface area contributed by atoms with Crippen molar-refractivity contribution in [2.24, 2.45) is 0 Å². The highest BCUT2D eigenvalue weighted by Crippen LogP contribution is 2.42. The number of benzene rings is 1. The number of rotatable bonds is 4. The van der Waals surface area contributed by atoms with Gasteiger partial charge in [0.15, 0.2) is 5.82 Å². The van der Waals surface area contributed by atoms with Crippen molar-refractivity contribution in [1.82, 2.24) is 14.7 Å². The summed E-state index contributed by atoms with van der Waals surface area (Å²) in [6.07, 6.45) is 5.87. The zero-order valence-electron chi connectivity index (χ0n) is 14.0. The average Bonchev–Trinajstić information content (AvgIpc) is 3.17. The van der Waals surface area contributed by atoms with E-state index in [2.05, 4.69) is 30.6 Å². The van der Waals surface area contributed by atoms with Gasteiger partial charge in [0.05, 0.1) is 10.1 Å². The summed E-state index contributed by atoms with van der Waals surface area (Å²) in [5, 5.41) is 14.1. The van der Waals surface area contributed by atoms with E-state index >= 15 is 0 Å². The highest BCUT2D eigenvalue weighted by atomic mass is 79.9. The van der Waals surface area contributed by atoms with E-state index in [9.17, 15) is 14.7 Å². The van der Waals surface area contributed by atoms with Gasteiger partial charge >= 0.3 is 11.7 Å². The number of nitrogens with one attached hydrogen (secondary N) is 1. The minimum Gasteiger partial charge on any atom is -0.480 e. The van der Waals surface area contributed by atoms with Crippen LogP contribution >= 0.6 is 15.9 Å². The van der Waals surface area contributed by atoms with Crippen molar-refractivity contribution in [3.05, 3.63) is 38.9 Å². The zero-order valence-corrected chi connectivity index (χ0v) is 15.6. The number of aromatic amines is 1. The van der Waals surface area contributed by atoms with Crippen molar-refractivity contribution in [2.45, 2.75) is 44.6 Å². The number of carboxylic acids is 1. The number of nitrogens with zero attached hydrogens (tertiary/aromatic N) is 2. The Hall–Kier alpha value is -2.35. The number of hydrogen-bond acceptors (Lipinski definition) is 4. The van der Waals surface area contributed by atoms with Crippen molar-refractivity contribution in [2.75, 3.05) is 0 Å². The summed E-state index contributed by atoms with van der Waals surface area (Å²) in [4.78, 5) is 25.2. The maximum atomic E-state index is 11.4. The van der Waals surface area contributed by atoms with Crippen molar-refractivity contribution in [1.29, 1.82) is 0 Å². The Morgan fingerprint density at radius 1 is 1.35 bits per heavy atom. The molecule has 0 bridgehead atoms. The quantitative estimate of drug-likeness (QED) is 0.667. The average molecular weight is 420 g/mol. The molecular weight excluding hydrogens is 402 g/mol. The third-order valence-electron chi connectivity index (χ3n) is 5.06. The van der Waals surface area contributed by atoms with Crippen LogP contribution in [0, 0.1) is 0 Å². The Morgan fingerprint density at radius 3 is 2.77 bits per heavy atom. The first-order valence-electron chi connectivity index (χ1n) is 8.64. The molecule has 1 aromatic carbocycles. The van der Waals surface area contributed by atoms with Crippen molar-refractivity contribution in [3.63, 3.8) is 0 Å². The summed E-state index contributed by atoms with van der Waals surface area (Å²) in [7, 11) is 0. The number of aliphatic carboxylic acids is 1. The number of carbonyl (C=O) groups is 1. The Balaban J connectivity index is 1.90. The standard InChI is InChI=1S/C18H18BrN3O4/c19-16-15(10-4-2-1-3-5-10)12-7-6-11(17-20-18(25)26-21-17)8-13(12)22(16)9-14(23)24/h6-8,10H,1-5,9H2,(H,23,24)(H,20,21,25). The van der Waals surface area contributed by atoms with Crippen molar-refractivity contribution >= 4 is 32.8 Å². The highest BCUT2D eigenvalue weighted by Gasteiger charge is 2.25. The minimum atomic E-state index is -0.905. The predicted octanol–water partition coefficient (Wildman–Crippen LogP) is 3.88. The molecule has 0 spiro atoms. The lowest BCUT2D eigenvalue weighted by molar-refractivity contribution is -0.137. The van der Waals surface area contributed by atoms with Gasteiger partial charge in [-0.3, -0.25) is 14.3 Å². The molecule has 2 aromatic heterocycles. The third-order valence-corrected chi connectivity index (χ3v) is 5.91. The summed E-state index contributed by atoms with van der Waals surface area (Å²) < 4.78 is 7.17. The number of carboxylic acid groups (broad SMARTS) is 1. The second-order valence-electron chi connectivity index (χ2n) is 6.69.